The van der Waals surface area contributed by atoms with E-state index in [1.807, 2.05) is 0 Å². The Balaban J connectivity index is 2.67. The molecular formula is C10H9NO3S. The molecule has 1 aromatic heterocycles. The van der Waals surface area contributed by atoms with Gasteiger partial charge in [0.25, 0.3) is 0 Å². The highest BCUT2D eigenvalue weighted by atomic mass is 32.1. The molecule has 0 aliphatic carbocycles. The van der Waals surface area contributed by atoms with Crippen LogP contribution in [0.5, 0.6) is 0 Å². The Hall–Kier alpha value is -1.80. The highest BCUT2D eigenvalue weighted by molar-refractivity contribution is 7.08. The van der Waals surface area contributed by atoms with Crippen LogP contribution in [0.15, 0.2) is 10.8 Å². The van der Waals surface area contributed by atoms with Crippen LogP contribution >= 0.6 is 11.3 Å². The zero-order valence-electron chi connectivity index (χ0n) is 8.03. The first kappa shape index (κ1) is 11.3. The lowest BCUT2D eigenvalue weighted by atomic mass is 10.2. The van der Waals surface area contributed by atoms with E-state index in [1.165, 1.54) is 23.6 Å². The highest BCUT2D eigenvalue weighted by Gasteiger charge is 2.08. The number of amides is 1. The SMILES string of the molecule is CC(=O)NCC#Cc1cscc1C(=O)O. The first-order chi connectivity index (χ1) is 7.11. The Morgan fingerprint density at radius 3 is 2.87 bits per heavy atom. The third kappa shape index (κ3) is 3.44. The van der Waals surface area contributed by atoms with Gasteiger partial charge in [-0.05, 0) is 0 Å². The molecule has 15 heavy (non-hydrogen) atoms. The van der Waals surface area contributed by atoms with Crippen molar-refractivity contribution >= 4 is 23.2 Å². The molecule has 1 rings (SSSR count). The molecule has 0 aromatic carbocycles. The summed E-state index contributed by atoms with van der Waals surface area (Å²) in [6, 6.07) is 0. The largest absolute Gasteiger partial charge is 0.478 e. The second-order valence-electron chi connectivity index (χ2n) is 2.72. The molecule has 0 aliphatic heterocycles. The predicted octanol–water partition coefficient (Wildman–Crippen LogP) is 0.934. The molecule has 1 heterocycles. The van der Waals surface area contributed by atoms with E-state index < -0.39 is 5.97 Å². The minimum Gasteiger partial charge on any atom is -0.478 e. The van der Waals surface area contributed by atoms with Gasteiger partial charge >= 0.3 is 5.97 Å². The molecule has 0 saturated heterocycles. The second kappa shape index (κ2) is 5.17. The first-order valence-electron chi connectivity index (χ1n) is 4.14. The number of aromatic carboxylic acids is 1. The van der Waals surface area contributed by atoms with Crippen molar-refractivity contribution in [2.75, 3.05) is 6.54 Å². The Morgan fingerprint density at radius 1 is 1.53 bits per heavy atom. The molecule has 0 spiro atoms. The normalized spacial score (nSPS) is 8.87. The number of carboxylic acids is 1. The predicted molar refractivity (Wildman–Crippen MR) is 56.8 cm³/mol. The fourth-order valence-corrected chi connectivity index (χ4v) is 1.62. The molecule has 5 heteroatoms. The fraction of sp³-hybridized carbons (Fsp3) is 0.200. The van der Waals surface area contributed by atoms with Crippen molar-refractivity contribution in [3.63, 3.8) is 0 Å². The van der Waals surface area contributed by atoms with E-state index in [9.17, 15) is 9.59 Å². The lowest BCUT2D eigenvalue weighted by Gasteiger charge is -1.91. The van der Waals surface area contributed by atoms with Gasteiger partial charge in [-0.15, -0.1) is 0 Å². The van der Waals surface area contributed by atoms with Gasteiger partial charge in [0.1, 0.15) is 0 Å². The number of nitrogens with one attached hydrogen (secondary N) is 1. The minimum absolute atomic E-state index is 0.159. The second-order valence-corrected chi connectivity index (χ2v) is 3.46. The summed E-state index contributed by atoms with van der Waals surface area (Å²) in [4.78, 5) is 21.2. The molecule has 2 N–H and O–H groups in total. The van der Waals surface area contributed by atoms with Crippen LogP contribution in [0.1, 0.15) is 22.8 Å². The number of carbonyl (C=O) groups excluding carboxylic acids is 1. The summed E-state index contributed by atoms with van der Waals surface area (Å²) >= 11 is 1.29. The Kier molecular flexibility index (Phi) is 3.89. The van der Waals surface area contributed by atoms with E-state index in [0.717, 1.165) is 0 Å². The topological polar surface area (TPSA) is 66.4 Å². The van der Waals surface area contributed by atoms with Crippen molar-refractivity contribution in [1.29, 1.82) is 0 Å². The van der Waals surface area contributed by atoms with Gasteiger partial charge in [-0.25, -0.2) is 4.79 Å². The van der Waals surface area contributed by atoms with Gasteiger partial charge in [0.15, 0.2) is 0 Å². The van der Waals surface area contributed by atoms with E-state index in [4.69, 9.17) is 5.11 Å². The third-order valence-electron chi connectivity index (χ3n) is 1.54. The van der Waals surface area contributed by atoms with E-state index in [1.54, 1.807) is 5.38 Å². The minimum atomic E-state index is -0.986. The van der Waals surface area contributed by atoms with Crippen molar-refractivity contribution in [2.24, 2.45) is 0 Å². The monoisotopic (exact) mass is 223 g/mol. The molecule has 0 bridgehead atoms. The van der Waals surface area contributed by atoms with Crippen molar-refractivity contribution in [3.05, 3.63) is 21.9 Å². The molecule has 78 valence electrons. The van der Waals surface area contributed by atoms with Crippen molar-refractivity contribution < 1.29 is 14.7 Å². The molecule has 1 amide bonds. The molecule has 1 aromatic rings. The Bertz CT molecular complexity index is 439. The maximum Gasteiger partial charge on any atom is 0.337 e. The third-order valence-corrected chi connectivity index (χ3v) is 2.28. The zero-order valence-corrected chi connectivity index (χ0v) is 8.85. The van der Waals surface area contributed by atoms with Crippen LogP contribution in [0.2, 0.25) is 0 Å². The molecule has 0 unspecified atom stereocenters. The lowest BCUT2D eigenvalue weighted by molar-refractivity contribution is -0.118. The maximum absolute atomic E-state index is 10.7. The van der Waals surface area contributed by atoms with Crippen LogP contribution in [-0.4, -0.2) is 23.5 Å². The average molecular weight is 223 g/mol. The summed E-state index contributed by atoms with van der Waals surface area (Å²) in [6.45, 7) is 1.62. The van der Waals surface area contributed by atoms with Gasteiger partial charge in [0.05, 0.1) is 12.1 Å². The Labute approximate surface area is 90.9 Å². The highest BCUT2D eigenvalue weighted by Crippen LogP contribution is 2.13. The quantitative estimate of drug-likeness (QED) is 0.733. The summed E-state index contributed by atoms with van der Waals surface area (Å²) in [6.07, 6.45) is 0. The van der Waals surface area contributed by atoms with Crippen LogP contribution in [-0.2, 0) is 4.79 Å². The van der Waals surface area contributed by atoms with E-state index in [-0.39, 0.29) is 18.0 Å². The van der Waals surface area contributed by atoms with Gasteiger partial charge in [0.2, 0.25) is 5.91 Å². The van der Waals surface area contributed by atoms with Crippen LogP contribution < -0.4 is 5.32 Å². The Morgan fingerprint density at radius 2 is 2.27 bits per heavy atom. The number of hydrogen-bond donors (Lipinski definition) is 2. The van der Waals surface area contributed by atoms with E-state index >= 15 is 0 Å². The lowest BCUT2D eigenvalue weighted by Crippen LogP contribution is -2.19. The summed E-state index contributed by atoms with van der Waals surface area (Å²) in [7, 11) is 0. The van der Waals surface area contributed by atoms with Gasteiger partial charge in [-0.1, -0.05) is 11.8 Å². The van der Waals surface area contributed by atoms with Gasteiger partial charge in [-0.2, -0.15) is 11.3 Å². The van der Waals surface area contributed by atoms with Crippen molar-refractivity contribution in [3.8, 4) is 11.8 Å². The van der Waals surface area contributed by atoms with Crippen molar-refractivity contribution in [2.45, 2.75) is 6.92 Å². The maximum atomic E-state index is 10.7. The molecule has 0 saturated carbocycles. The van der Waals surface area contributed by atoms with Crippen LogP contribution in [0.25, 0.3) is 0 Å². The van der Waals surface area contributed by atoms with Gasteiger partial charge < -0.3 is 10.4 Å². The summed E-state index contributed by atoms with van der Waals surface area (Å²) in [5, 5.41) is 14.5. The average Bonchev–Trinajstić information content (AvgIpc) is 2.60. The molecule has 0 fully saturated rings. The number of hydrogen-bond acceptors (Lipinski definition) is 3. The molecular weight excluding hydrogens is 214 g/mol. The van der Waals surface area contributed by atoms with Gasteiger partial charge in [0, 0.05) is 23.2 Å². The van der Waals surface area contributed by atoms with Crippen LogP contribution in [0.3, 0.4) is 0 Å². The number of carboxylic acid groups (broad SMARTS) is 1. The first-order valence-corrected chi connectivity index (χ1v) is 5.08. The summed E-state index contributed by atoms with van der Waals surface area (Å²) in [5.41, 5.74) is 0.688. The fourth-order valence-electron chi connectivity index (χ4n) is 0.868. The molecule has 0 radical (unpaired) electrons. The van der Waals surface area contributed by atoms with E-state index in [2.05, 4.69) is 17.2 Å². The smallest absolute Gasteiger partial charge is 0.337 e. The van der Waals surface area contributed by atoms with Crippen LogP contribution in [0.4, 0.5) is 0 Å². The number of carbonyl (C=O) groups is 2. The molecule has 0 aliphatic rings. The summed E-state index contributed by atoms with van der Waals surface area (Å²) in [5.74, 6) is 4.23. The molecule has 0 atom stereocenters. The van der Waals surface area contributed by atoms with Crippen molar-refractivity contribution in [1.82, 2.24) is 5.32 Å². The number of rotatable bonds is 2. The number of thiophene rings is 1. The van der Waals surface area contributed by atoms with Gasteiger partial charge in [-0.3, -0.25) is 4.79 Å². The zero-order chi connectivity index (χ0) is 11.3. The summed E-state index contributed by atoms with van der Waals surface area (Å²) < 4.78 is 0. The van der Waals surface area contributed by atoms with Crippen LogP contribution in [0, 0.1) is 11.8 Å². The van der Waals surface area contributed by atoms with E-state index in [0.29, 0.717) is 5.56 Å². The molecule has 4 nitrogen and oxygen atoms in total. The standard InChI is InChI=1S/C10H9NO3S/c1-7(12)11-4-2-3-8-5-15-6-9(8)10(13)14/h5-6H,4H2,1H3,(H,11,12)(H,13,14).